The van der Waals surface area contributed by atoms with Gasteiger partial charge in [0.2, 0.25) is 5.91 Å². The van der Waals surface area contributed by atoms with Gasteiger partial charge in [-0.25, -0.2) is 4.68 Å². The van der Waals surface area contributed by atoms with Crippen LogP contribution in [0.15, 0.2) is 4.79 Å². The van der Waals surface area contributed by atoms with E-state index in [1.807, 2.05) is 7.05 Å². The van der Waals surface area contributed by atoms with Crippen molar-refractivity contribution < 1.29 is 4.79 Å². The molecule has 2 aromatic heterocycles. The third-order valence-corrected chi connectivity index (χ3v) is 6.82. The highest BCUT2D eigenvalue weighted by Gasteiger charge is 2.24. The number of carbonyl (C=O) groups is 1. The average molecular weight is 360 g/mol. The molecular weight excluding hydrogens is 336 g/mol. The van der Waals surface area contributed by atoms with Gasteiger partial charge in [-0.15, -0.1) is 16.4 Å². The number of fused-ring (bicyclic) bond motifs is 3. The predicted octanol–water partition coefficient (Wildman–Crippen LogP) is 2.52. The first-order valence-corrected chi connectivity index (χ1v) is 10.1. The molecule has 0 spiro atoms. The minimum Gasteiger partial charge on any atom is -0.341 e. The van der Waals surface area contributed by atoms with Gasteiger partial charge in [0, 0.05) is 18.0 Å². The number of likely N-dealkylation sites (N-methyl/N-ethyl adjacent to an activating group) is 1. The molecule has 0 saturated heterocycles. The van der Waals surface area contributed by atoms with Crippen LogP contribution in [0.1, 0.15) is 55.4 Å². The van der Waals surface area contributed by atoms with Crippen molar-refractivity contribution in [1.29, 1.82) is 0 Å². The monoisotopic (exact) mass is 360 g/mol. The fraction of sp³-hybridized carbons (Fsp3) is 0.667. The number of amides is 1. The summed E-state index contributed by atoms with van der Waals surface area (Å²) in [4.78, 5) is 29.3. The highest BCUT2D eigenvalue weighted by Crippen LogP contribution is 2.33. The normalized spacial score (nSPS) is 18.3. The fourth-order valence-corrected chi connectivity index (χ4v) is 5.32. The Balaban J connectivity index is 1.60. The topological polar surface area (TPSA) is 68.1 Å². The number of nitrogens with zero attached hydrogens (tertiary/aromatic N) is 4. The molecular formula is C18H24N4O2S. The van der Waals surface area contributed by atoms with Gasteiger partial charge in [-0.1, -0.05) is 24.5 Å². The molecule has 4 rings (SSSR count). The van der Waals surface area contributed by atoms with E-state index in [0.29, 0.717) is 11.4 Å². The van der Waals surface area contributed by atoms with Crippen molar-refractivity contribution in [2.45, 2.75) is 70.4 Å². The maximum absolute atomic E-state index is 12.9. The van der Waals surface area contributed by atoms with Crippen molar-refractivity contribution in [3.8, 4) is 0 Å². The Morgan fingerprint density at radius 1 is 1.20 bits per heavy atom. The largest absolute Gasteiger partial charge is 0.341 e. The zero-order valence-corrected chi connectivity index (χ0v) is 15.5. The van der Waals surface area contributed by atoms with Crippen LogP contribution in [0.25, 0.3) is 10.2 Å². The lowest BCUT2D eigenvalue weighted by Gasteiger charge is -2.31. The number of thiophene rings is 1. The fourth-order valence-electron chi connectivity index (χ4n) is 4.12. The number of rotatable bonds is 3. The lowest BCUT2D eigenvalue weighted by Crippen LogP contribution is -2.42. The van der Waals surface area contributed by atoms with E-state index in [-0.39, 0.29) is 18.0 Å². The molecule has 0 radical (unpaired) electrons. The maximum Gasteiger partial charge on any atom is 0.279 e. The van der Waals surface area contributed by atoms with Crippen molar-refractivity contribution in [2.24, 2.45) is 0 Å². The molecule has 7 heteroatoms. The van der Waals surface area contributed by atoms with E-state index in [4.69, 9.17) is 0 Å². The van der Waals surface area contributed by atoms with Crippen molar-refractivity contribution in [3.63, 3.8) is 0 Å². The van der Waals surface area contributed by atoms with Gasteiger partial charge in [0.25, 0.3) is 5.56 Å². The van der Waals surface area contributed by atoms with E-state index in [1.54, 1.807) is 16.2 Å². The first-order chi connectivity index (χ1) is 12.1. The third kappa shape index (κ3) is 3.10. The van der Waals surface area contributed by atoms with E-state index in [1.165, 1.54) is 35.2 Å². The van der Waals surface area contributed by atoms with Crippen LogP contribution in [0.4, 0.5) is 0 Å². The van der Waals surface area contributed by atoms with Crippen LogP contribution in [0.3, 0.4) is 0 Å². The van der Waals surface area contributed by atoms with E-state index >= 15 is 0 Å². The van der Waals surface area contributed by atoms with Crippen molar-refractivity contribution in [2.75, 3.05) is 7.05 Å². The van der Waals surface area contributed by atoms with Crippen LogP contribution in [0.2, 0.25) is 0 Å². The highest BCUT2D eigenvalue weighted by atomic mass is 32.1. The maximum atomic E-state index is 12.9. The molecule has 0 atom stereocenters. The Bertz CT molecular complexity index is 851. The van der Waals surface area contributed by atoms with E-state index < -0.39 is 0 Å². The zero-order chi connectivity index (χ0) is 17.4. The second-order valence-corrected chi connectivity index (χ2v) is 8.32. The lowest BCUT2D eigenvalue weighted by molar-refractivity contribution is -0.133. The quantitative estimate of drug-likeness (QED) is 0.843. The smallest absolute Gasteiger partial charge is 0.279 e. The number of hydrogen-bond acceptors (Lipinski definition) is 5. The van der Waals surface area contributed by atoms with Gasteiger partial charge >= 0.3 is 0 Å². The second kappa shape index (κ2) is 6.86. The van der Waals surface area contributed by atoms with Crippen molar-refractivity contribution in [1.82, 2.24) is 19.9 Å². The summed E-state index contributed by atoms with van der Waals surface area (Å²) in [5, 5.41) is 8.96. The number of aryl methyl sites for hydroxylation is 2. The summed E-state index contributed by atoms with van der Waals surface area (Å²) in [5.41, 5.74) is 0.989. The molecule has 2 aliphatic rings. The molecule has 6 nitrogen and oxygen atoms in total. The van der Waals surface area contributed by atoms with E-state index in [2.05, 4.69) is 10.3 Å². The second-order valence-electron chi connectivity index (χ2n) is 7.24. The zero-order valence-electron chi connectivity index (χ0n) is 14.7. The van der Waals surface area contributed by atoms with Gasteiger partial charge in [0.05, 0.1) is 5.39 Å². The molecule has 1 fully saturated rings. The molecule has 2 aromatic rings. The van der Waals surface area contributed by atoms with Crippen molar-refractivity contribution in [3.05, 3.63) is 20.8 Å². The third-order valence-electron chi connectivity index (χ3n) is 5.65. The summed E-state index contributed by atoms with van der Waals surface area (Å²) in [5.74, 6) is -0.0493. The molecule has 0 bridgehead atoms. The number of hydrogen-bond donors (Lipinski definition) is 0. The molecule has 0 N–H and O–H groups in total. The van der Waals surface area contributed by atoms with Gasteiger partial charge in [0.1, 0.15) is 6.54 Å². The van der Waals surface area contributed by atoms with Crippen LogP contribution < -0.4 is 5.56 Å². The van der Waals surface area contributed by atoms with E-state index in [9.17, 15) is 9.59 Å². The van der Waals surface area contributed by atoms with Gasteiger partial charge in [-0.3, -0.25) is 9.59 Å². The van der Waals surface area contributed by atoms with Crippen molar-refractivity contribution >= 4 is 27.5 Å². The summed E-state index contributed by atoms with van der Waals surface area (Å²) in [6, 6.07) is 0.294. The van der Waals surface area contributed by atoms with Crippen LogP contribution >= 0.6 is 11.3 Å². The molecule has 0 aliphatic heterocycles. The summed E-state index contributed by atoms with van der Waals surface area (Å²) in [7, 11) is 1.85. The molecule has 1 amide bonds. The van der Waals surface area contributed by atoms with Crippen LogP contribution in [-0.4, -0.2) is 38.9 Å². The molecule has 134 valence electrons. The van der Waals surface area contributed by atoms with Gasteiger partial charge < -0.3 is 4.90 Å². The summed E-state index contributed by atoms with van der Waals surface area (Å²) >= 11 is 1.59. The molecule has 2 heterocycles. The van der Waals surface area contributed by atoms with Crippen LogP contribution in [0.5, 0.6) is 0 Å². The summed E-state index contributed by atoms with van der Waals surface area (Å²) in [6.45, 7) is -0.0145. The van der Waals surface area contributed by atoms with Crippen LogP contribution in [-0.2, 0) is 24.2 Å². The lowest BCUT2D eigenvalue weighted by atomic mass is 9.94. The molecule has 0 unspecified atom stereocenters. The Morgan fingerprint density at radius 2 is 1.96 bits per heavy atom. The predicted molar refractivity (Wildman–Crippen MR) is 98.0 cm³/mol. The average Bonchev–Trinajstić information content (AvgIpc) is 3.03. The van der Waals surface area contributed by atoms with Crippen LogP contribution in [0, 0.1) is 0 Å². The SMILES string of the molecule is CN(C(=O)Cn1nnc2sc3c(c2c1=O)CCCC3)C1CCCCC1. The number of carbonyl (C=O) groups excluding carboxylic acids is 1. The highest BCUT2D eigenvalue weighted by molar-refractivity contribution is 7.18. The Labute approximate surface area is 150 Å². The van der Waals surface area contributed by atoms with Gasteiger partial charge in [0.15, 0.2) is 4.83 Å². The molecule has 0 aromatic carbocycles. The Kier molecular flexibility index (Phi) is 4.58. The molecule has 25 heavy (non-hydrogen) atoms. The Hall–Kier alpha value is -1.76. The molecule has 2 aliphatic carbocycles. The van der Waals surface area contributed by atoms with E-state index in [0.717, 1.165) is 42.5 Å². The minimum absolute atomic E-state index is 0.0145. The molecule has 1 saturated carbocycles. The summed E-state index contributed by atoms with van der Waals surface area (Å²) in [6.07, 6.45) is 9.97. The van der Waals surface area contributed by atoms with Gasteiger partial charge in [-0.05, 0) is 44.1 Å². The van der Waals surface area contributed by atoms with Gasteiger partial charge in [-0.2, -0.15) is 0 Å². The standard InChI is InChI=1S/C18H24N4O2S/c1-21(12-7-3-2-4-8-12)15(23)11-22-18(24)16-13-9-5-6-10-14(13)25-17(16)19-20-22/h12H,2-11H2,1H3. The summed E-state index contributed by atoms with van der Waals surface area (Å²) < 4.78 is 1.26. The minimum atomic E-state index is -0.158. The number of aromatic nitrogens is 3. The first-order valence-electron chi connectivity index (χ1n) is 9.29. The Morgan fingerprint density at radius 3 is 2.76 bits per heavy atom. The first kappa shape index (κ1) is 16.7.